The first-order chi connectivity index (χ1) is 17.3. The largest absolute Gasteiger partial charge is 0.480 e. The Morgan fingerprint density at radius 3 is 2.67 bits per heavy atom. The normalized spacial score (nSPS) is 19.6. The number of anilines is 1. The standard InChI is InChI=1S/C28H29FN2O4S/c1-3-26-28(32)31(25-10-6-8-19-7-4-5-9-23(19)25)17-20-15-21(12-14-27(20)35-26)30-36(33,34)22-13-11-18(2)24(29)16-22/h4-5,7,9,11-16,25-26,30H,3,6,8,10,17H2,1-2H3/t25-,26-/m0/s1. The smallest absolute Gasteiger partial charge is 0.264 e. The van der Waals surface area contributed by atoms with Gasteiger partial charge in [0.1, 0.15) is 11.6 Å². The summed E-state index contributed by atoms with van der Waals surface area (Å²) in [5, 5.41) is 0. The van der Waals surface area contributed by atoms with E-state index >= 15 is 0 Å². The van der Waals surface area contributed by atoms with Gasteiger partial charge in [0, 0.05) is 11.3 Å². The van der Waals surface area contributed by atoms with Gasteiger partial charge < -0.3 is 9.64 Å². The van der Waals surface area contributed by atoms with Crippen LogP contribution in [0.15, 0.2) is 65.6 Å². The van der Waals surface area contributed by atoms with Crippen molar-refractivity contribution in [1.82, 2.24) is 4.90 Å². The fourth-order valence-electron chi connectivity index (χ4n) is 5.06. The number of hydrogen-bond donors (Lipinski definition) is 1. The second-order valence-electron chi connectivity index (χ2n) is 9.43. The second kappa shape index (κ2) is 9.58. The number of carbonyl (C=O) groups is 1. The van der Waals surface area contributed by atoms with Crippen molar-refractivity contribution in [3.05, 3.63) is 88.7 Å². The highest BCUT2D eigenvalue weighted by Crippen LogP contribution is 2.39. The van der Waals surface area contributed by atoms with Crippen LogP contribution in [0.25, 0.3) is 0 Å². The molecule has 36 heavy (non-hydrogen) atoms. The third-order valence-corrected chi connectivity index (χ3v) is 8.40. The number of sulfonamides is 1. The van der Waals surface area contributed by atoms with Crippen molar-refractivity contribution in [2.75, 3.05) is 4.72 Å². The fraction of sp³-hybridized carbons (Fsp3) is 0.321. The molecular weight excluding hydrogens is 479 g/mol. The quantitative estimate of drug-likeness (QED) is 0.493. The highest BCUT2D eigenvalue weighted by Gasteiger charge is 2.36. The molecule has 0 saturated carbocycles. The van der Waals surface area contributed by atoms with Crippen LogP contribution in [0.1, 0.15) is 54.5 Å². The second-order valence-corrected chi connectivity index (χ2v) is 11.1. The molecule has 0 radical (unpaired) electrons. The Kier molecular flexibility index (Phi) is 6.47. The predicted octanol–water partition coefficient (Wildman–Crippen LogP) is 5.51. The number of ether oxygens (including phenoxy) is 1. The number of carbonyl (C=O) groups excluding carboxylic acids is 1. The number of benzene rings is 3. The van der Waals surface area contributed by atoms with E-state index in [0.717, 1.165) is 36.5 Å². The lowest BCUT2D eigenvalue weighted by molar-refractivity contribution is -0.141. The van der Waals surface area contributed by atoms with Crippen LogP contribution < -0.4 is 9.46 Å². The summed E-state index contributed by atoms with van der Waals surface area (Å²) in [6.45, 7) is 3.80. The van der Waals surface area contributed by atoms with Gasteiger partial charge in [-0.2, -0.15) is 0 Å². The summed E-state index contributed by atoms with van der Waals surface area (Å²) in [7, 11) is -4.00. The first-order valence-corrected chi connectivity index (χ1v) is 13.7. The highest BCUT2D eigenvalue weighted by molar-refractivity contribution is 7.92. The molecule has 0 saturated heterocycles. The number of nitrogens with zero attached hydrogens (tertiary/aromatic N) is 1. The molecule has 2 atom stereocenters. The Morgan fingerprint density at radius 1 is 1.08 bits per heavy atom. The van der Waals surface area contributed by atoms with Crippen LogP contribution in [0.5, 0.6) is 5.75 Å². The number of hydrogen-bond acceptors (Lipinski definition) is 4. The number of rotatable bonds is 5. The third kappa shape index (κ3) is 4.57. The van der Waals surface area contributed by atoms with E-state index in [9.17, 15) is 17.6 Å². The van der Waals surface area contributed by atoms with E-state index in [4.69, 9.17) is 4.74 Å². The third-order valence-electron chi connectivity index (χ3n) is 7.02. The summed E-state index contributed by atoms with van der Waals surface area (Å²) < 4.78 is 48.5. The highest BCUT2D eigenvalue weighted by atomic mass is 32.2. The molecule has 0 unspecified atom stereocenters. The summed E-state index contributed by atoms with van der Waals surface area (Å²) in [5.41, 5.74) is 3.83. The van der Waals surface area contributed by atoms with Crippen molar-refractivity contribution in [1.29, 1.82) is 0 Å². The molecule has 1 heterocycles. The summed E-state index contributed by atoms with van der Waals surface area (Å²) >= 11 is 0. The molecule has 1 amide bonds. The van der Waals surface area contributed by atoms with E-state index in [1.54, 1.807) is 25.1 Å². The van der Waals surface area contributed by atoms with E-state index in [2.05, 4.69) is 16.9 Å². The molecule has 5 rings (SSSR count). The van der Waals surface area contributed by atoms with Gasteiger partial charge >= 0.3 is 0 Å². The number of aryl methyl sites for hydroxylation is 2. The van der Waals surface area contributed by atoms with Crippen LogP contribution in [-0.2, 0) is 27.8 Å². The van der Waals surface area contributed by atoms with Crippen LogP contribution in [0.2, 0.25) is 0 Å². The molecule has 6 nitrogen and oxygen atoms in total. The Balaban J connectivity index is 1.48. The summed E-state index contributed by atoms with van der Waals surface area (Å²) in [5.74, 6) is -0.0838. The molecule has 3 aromatic carbocycles. The van der Waals surface area contributed by atoms with Gasteiger partial charge in [-0.05, 0) is 79.6 Å². The lowest BCUT2D eigenvalue weighted by Gasteiger charge is -2.36. The molecule has 0 aromatic heterocycles. The minimum Gasteiger partial charge on any atom is -0.480 e. The molecule has 1 aliphatic carbocycles. The lowest BCUT2D eigenvalue weighted by atomic mass is 9.86. The van der Waals surface area contributed by atoms with E-state index in [-0.39, 0.29) is 16.8 Å². The Hall–Kier alpha value is -3.39. The van der Waals surface area contributed by atoms with Gasteiger partial charge in [-0.25, -0.2) is 12.8 Å². The molecule has 188 valence electrons. The zero-order chi connectivity index (χ0) is 25.4. The van der Waals surface area contributed by atoms with Crippen molar-refractivity contribution in [3.63, 3.8) is 0 Å². The average Bonchev–Trinajstić information content (AvgIpc) is 3.01. The molecule has 0 spiro atoms. The average molecular weight is 509 g/mol. The fourth-order valence-corrected chi connectivity index (χ4v) is 6.12. The maximum atomic E-state index is 14.0. The lowest BCUT2D eigenvalue weighted by Crippen LogP contribution is -2.42. The first kappa shape index (κ1) is 24.3. The number of fused-ring (bicyclic) bond motifs is 2. The van der Waals surface area contributed by atoms with Crippen LogP contribution in [0.4, 0.5) is 10.1 Å². The number of nitrogens with one attached hydrogen (secondary N) is 1. The van der Waals surface area contributed by atoms with Gasteiger partial charge in [0.25, 0.3) is 15.9 Å². The van der Waals surface area contributed by atoms with Crippen LogP contribution in [0.3, 0.4) is 0 Å². The number of halogens is 1. The predicted molar refractivity (Wildman–Crippen MR) is 136 cm³/mol. The van der Waals surface area contributed by atoms with Crippen LogP contribution >= 0.6 is 0 Å². The maximum Gasteiger partial charge on any atom is 0.264 e. The van der Waals surface area contributed by atoms with Crippen LogP contribution in [0, 0.1) is 12.7 Å². The summed E-state index contributed by atoms with van der Waals surface area (Å²) in [4.78, 5) is 15.3. The molecule has 1 aliphatic heterocycles. The first-order valence-electron chi connectivity index (χ1n) is 12.2. The molecule has 1 N–H and O–H groups in total. The van der Waals surface area contributed by atoms with E-state index in [0.29, 0.717) is 30.0 Å². The zero-order valence-electron chi connectivity index (χ0n) is 20.3. The van der Waals surface area contributed by atoms with Crippen molar-refractivity contribution in [3.8, 4) is 5.75 Å². The minimum absolute atomic E-state index is 0.0623. The van der Waals surface area contributed by atoms with Crippen molar-refractivity contribution < 1.29 is 22.3 Å². The summed E-state index contributed by atoms with van der Waals surface area (Å²) in [6, 6.07) is 17.0. The maximum absolute atomic E-state index is 14.0. The molecule has 2 aliphatic rings. The van der Waals surface area contributed by atoms with Gasteiger partial charge in [-0.15, -0.1) is 0 Å². The Labute approximate surface area is 211 Å². The zero-order valence-corrected chi connectivity index (χ0v) is 21.1. The van der Waals surface area contributed by atoms with Gasteiger partial charge in [0.05, 0.1) is 17.5 Å². The van der Waals surface area contributed by atoms with Gasteiger partial charge in [-0.3, -0.25) is 9.52 Å². The van der Waals surface area contributed by atoms with Crippen LogP contribution in [-0.4, -0.2) is 25.3 Å². The minimum atomic E-state index is -4.00. The van der Waals surface area contributed by atoms with Crippen molar-refractivity contribution in [2.45, 2.75) is 63.1 Å². The molecule has 0 bridgehead atoms. The SMILES string of the molecule is CC[C@@H]1Oc2ccc(NS(=O)(=O)c3ccc(C)c(F)c3)cc2CN([C@H]2CCCc3ccccc32)C1=O. The van der Waals surface area contributed by atoms with Gasteiger partial charge in [0.15, 0.2) is 6.10 Å². The van der Waals surface area contributed by atoms with E-state index < -0.39 is 21.9 Å². The summed E-state index contributed by atoms with van der Waals surface area (Å²) in [6.07, 6.45) is 2.75. The van der Waals surface area contributed by atoms with Gasteiger partial charge in [-0.1, -0.05) is 37.3 Å². The molecular formula is C28H29FN2O4S. The van der Waals surface area contributed by atoms with E-state index in [1.165, 1.54) is 17.7 Å². The monoisotopic (exact) mass is 508 g/mol. The molecule has 8 heteroatoms. The van der Waals surface area contributed by atoms with E-state index in [1.807, 2.05) is 24.0 Å². The van der Waals surface area contributed by atoms with Gasteiger partial charge in [0.2, 0.25) is 0 Å². The molecule has 3 aromatic rings. The Morgan fingerprint density at radius 2 is 1.89 bits per heavy atom. The topological polar surface area (TPSA) is 75.7 Å². The number of amides is 1. The van der Waals surface area contributed by atoms with Crippen molar-refractivity contribution >= 4 is 21.6 Å². The van der Waals surface area contributed by atoms with Crippen molar-refractivity contribution in [2.24, 2.45) is 0 Å². The molecule has 0 fully saturated rings. The Bertz CT molecular complexity index is 1420.